The zero-order valence-corrected chi connectivity index (χ0v) is 27.2. The summed E-state index contributed by atoms with van der Waals surface area (Å²) in [5.41, 5.74) is 2.39. The first-order chi connectivity index (χ1) is 18.7. The molecule has 0 heterocycles. The van der Waals surface area contributed by atoms with Crippen molar-refractivity contribution < 1.29 is 14.6 Å². The third-order valence-electron chi connectivity index (χ3n) is 15.0. The van der Waals surface area contributed by atoms with Crippen LogP contribution >= 0.6 is 0 Å². The minimum atomic E-state index is -0.745. The van der Waals surface area contributed by atoms with Gasteiger partial charge in [-0.05, 0) is 147 Å². The van der Waals surface area contributed by atoms with E-state index in [0.29, 0.717) is 46.0 Å². The lowest BCUT2D eigenvalue weighted by Gasteiger charge is -2.73. The number of esters is 1. The standard InChI is InChI=1S/C37H60O3/c1-9-40-32(39)16-13-26(38)12-11-25(2)27-17-22-34(5)28(27)18-23-36(7)30(34)14-15-31-35(6)21-10-20-33(3,4)29(35)19-24-37(31,36)8/h25-31,38H,9-12,14-15,17-24H2,1-8H3/t25-,26-,27-,28+,29+,30-,31-,34+,35+,36-,37-/m1/s1. The molecule has 0 bridgehead atoms. The normalized spacial score (nSPS) is 46.9. The molecule has 5 saturated carbocycles. The Labute approximate surface area is 246 Å². The highest BCUT2D eigenvalue weighted by molar-refractivity contribution is 5.88. The highest BCUT2D eigenvalue weighted by Gasteiger charge is 2.70. The molecule has 5 aliphatic rings. The molecule has 0 aromatic rings. The van der Waals surface area contributed by atoms with Gasteiger partial charge in [-0.15, -0.1) is 0 Å². The van der Waals surface area contributed by atoms with Crippen molar-refractivity contribution in [1.29, 1.82) is 0 Å². The predicted molar refractivity (Wildman–Crippen MR) is 163 cm³/mol. The van der Waals surface area contributed by atoms with E-state index in [2.05, 4.69) is 60.3 Å². The van der Waals surface area contributed by atoms with Gasteiger partial charge in [0, 0.05) is 5.92 Å². The van der Waals surface area contributed by atoms with Gasteiger partial charge in [0.2, 0.25) is 0 Å². The van der Waals surface area contributed by atoms with Gasteiger partial charge in [-0.25, -0.2) is 4.79 Å². The third kappa shape index (κ3) is 4.61. The van der Waals surface area contributed by atoms with E-state index in [1.807, 2.05) is 0 Å². The van der Waals surface area contributed by atoms with Gasteiger partial charge in [-0.3, -0.25) is 0 Å². The summed E-state index contributed by atoms with van der Waals surface area (Å²) in [6.07, 6.45) is 16.5. The molecule has 5 fully saturated rings. The van der Waals surface area contributed by atoms with Gasteiger partial charge in [0.15, 0.2) is 0 Å². The molecule has 0 aromatic carbocycles. The predicted octanol–water partition coefficient (Wildman–Crippen LogP) is 8.82. The average molecular weight is 553 g/mol. The number of fused-ring (bicyclic) bond motifs is 7. The molecule has 5 aliphatic carbocycles. The van der Waals surface area contributed by atoms with Crippen molar-refractivity contribution in [3.63, 3.8) is 0 Å². The number of aliphatic hydroxyl groups is 1. The van der Waals surface area contributed by atoms with Crippen molar-refractivity contribution >= 4 is 5.97 Å². The Morgan fingerprint density at radius 1 is 0.825 bits per heavy atom. The summed E-state index contributed by atoms with van der Waals surface area (Å²) in [4.78, 5) is 11.5. The minimum Gasteiger partial charge on any atom is -0.456 e. The molecule has 11 atom stereocenters. The van der Waals surface area contributed by atoms with Crippen LogP contribution in [0.15, 0.2) is 0 Å². The van der Waals surface area contributed by atoms with E-state index in [1.54, 1.807) is 6.92 Å². The molecule has 0 unspecified atom stereocenters. The summed E-state index contributed by atoms with van der Waals surface area (Å²) in [5, 5.41) is 10.4. The largest absolute Gasteiger partial charge is 0.456 e. The second kappa shape index (κ2) is 10.6. The van der Waals surface area contributed by atoms with Crippen molar-refractivity contribution in [2.24, 2.45) is 62.6 Å². The summed E-state index contributed by atoms with van der Waals surface area (Å²) < 4.78 is 4.88. The molecule has 5 rings (SSSR count). The van der Waals surface area contributed by atoms with Crippen LogP contribution in [0, 0.1) is 74.4 Å². The second-order valence-corrected chi connectivity index (χ2v) is 16.9. The monoisotopic (exact) mass is 552 g/mol. The molecule has 226 valence electrons. The van der Waals surface area contributed by atoms with Crippen LogP contribution < -0.4 is 0 Å². The molecule has 3 nitrogen and oxygen atoms in total. The van der Waals surface area contributed by atoms with Gasteiger partial charge < -0.3 is 9.84 Å². The highest BCUT2D eigenvalue weighted by atomic mass is 16.5. The van der Waals surface area contributed by atoms with Crippen molar-refractivity contribution in [2.45, 2.75) is 145 Å². The first-order valence-corrected chi connectivity index (χ1v) is 17.1. The molecule has 1 N–H and O–H groups in total. The van der Waals surface area contributed by atoms with Gasteiger partial charge in [0.05, 0.1) is 6.61 Å². The van der Waals surface area contributed by atoms with E-state index in [0.717, 1.165) is 36.0 Å². The van der Waals surface area contributed by atoms with Gasteiger partial charge in [-0.1, -0.05) is 60.8 Å². The van der Waals surface area contributed by atoms with Crippen LogP contribution in [0.25, 0.3) is 0 Å². The summed E-state index contributed by atoms with van der Waals surface area (Å²) in [5.74, 6) is 9.39. The maximum atomic E-state index is 11.5. The summed E-state index contributed by atoms with van der Waals surface area (Å²) in [6, 6.07) is 0. The van der Waals surface area contributed by atoms with Crippen LogP contribution in [0.4, 0.5) is 0 Å². The van der Waals surface area contributed by atoms with Gasteiger partial charge >= 0.3 is 5.97 Å². The van der Waals surface area contributed by atoms with Crippen molar-refractivity contribution in [1.82, 2.24) is 0 Å². The van der Waals surface area contributed by atoms with Crippen LogP contribution in [0.3, 0.4) is 0 Å². The Morgan fingerprint density at radius 3 is 2.15 bits per heavy atom. The fraction of sp³-hybridized carbons (Fsp3) is 0.919. The first kappa shape index (κ1) is 30.4. The Balaban J connectivity index is 1.30. The van der Waals surface area contributed by atoms with E-state index in [9.17, 15) is 9.90 Å². The van der Waals surface area contributed by atoms with Gasteiger partial charge in [0.25, 0.3) is 0 Å². The topological polar surface area (TPSA) is 46.5 Å². The number of carbonyl (C=O) groups is 1. The fourth-order valence-electron chi connectivity index (χ4n) is 13.0. The molecule has 40 heavy (non-hydrogen) atoms. The summed E-state index contributed by atoms with van der Waals surface area (Å²) in [6.45, 7) is 20.6. The van der Waals surface area contributed by atoms with E-state index in [1.165, 1.54) is 70.6 Å². The molecular formula is C37H60O3. The quantitative estimate of drug-likeness (QED) is 0.211. The Hall–Kier alpha value is -1.01. The Morgan fingerprint density at radius 2 is 1.48 bits per heavy atom. The first-order valence-electron chi connectivity index (χ1n) is 17.1. The molecule has 0 aliphatic heterocycles. The molecule has 0 amide bonds. The molecular weight excluding hydrogens is 492 g/mol. The molecule has 0 spiro atoms. The van der Waals surface area contributed by atoms with Crippen LogP contribution in [-0.2, 0) is 9.53 Å². The van der Waals surface area contributed by atoms with E-state index >= 15 is 0 Å². The molecule has 0 saturated heterocycles. The van der Waals surface area contributed by atoms with Crippen LogP contribution in [-0.4, -0.2) is 23.8 Å². The Kier molecular flexibility index (Phi) is 8.08. The number of ether oxygens (including phenoxy) is 1. The van der Waals surface area contributed by atoms with Gasteiger partial charge in [0.1, 0.15) is 6.10 Å². The van der Waals surface area contributed by atoms with Crippen molar-refractivity contribution in [3.05, 3.63) is 0 Å². The van der Waals surface area contributed by atoms with Crippen molar-refractivity contribution in [3.8, 4) is 11.8 Å². The minimum absolute atomic E-state index is 0.320. The Bertz CT molecular complexity index is 1020. The van der Waals surface area contributed by atoms with Crippen LogP contribution in [0.2, 0.25) is 0 Å². The number of aliphatic hydroxyl groups excluding tert-OH is 1. The third-order valence-corrected chi connectivity index (χ3v) is 15.0. The van der Waals surface area contributed by atoms with E-state index < -0.39 is 12.1 Å². The second-order valence-electron chi connectivity index (χ2n) is 16.9. The molecule has 0 aromatic heterocycles. The lowest BCUT2D eigenvalue weighted by molar-refractivity contribution is -0.241. The van der Waals surface area contributed by atoms with Crippen molar-refractivity contribution in [2.75, 3.05) is 6.61 Å². The summed E-state index contributed by atoms with van der Waals surface area (Å²) in [7, 11) is 0. The smallest absolute Gasteiger partial charge is 0.384 e. The van der Waals surface area contributed by atoms with E-state index in [4.69, 9.17) is 4.74 Å². The maximum absolute atomic E-state index is 11.5. The van der Waals surface area contributed by atoms with E-state index in [-0.39, 0.29) is 0 Å². The van der Waals surface area contributed by atoms with Crippen LogP contribution in [0.1, 0.15) is 139 Å². The number of hydrogen-bond donors (Lipinski definition) is 1. The molecule has 3 heteroatoms. The maximum Gasteiger partial charge on any atom is 0.384 e. The highest BCUT2D eigenvalue weighted by Crippen LogP contribution is 2.78. The zero-order chi connectivity index (χ0) is 29.1. The molecule has 0 radical (unpaired) electrons. The summed E-state index contributed by atoms with van der Waals surface area (Å²) >= 11 is 0. The average Bonchev–Trinajstić information content (AvgIpc) is 3.23. The lowest BCUT2D eigenvalue weighted by atomic mass is 9.32. The van der Waals surface area contributed by atoms with Crippen LogP contribution in [0.5, 0.6) is 0 Å². The number of carbonyl (C=O) groups excluding carboxylic acids is 1. The lowest BCUT2D eigenvalue weighted by Crippen LogP contribution is -2.65. The number of rotatable bonds is 5. The number of hydrogen-bond acceptors (Lipinski definition) is 3. The SMILES string of the molecule is CCOC(=O)C#C[C@H](O)CC[C@@H](C)[C@H]1CC[C@]2(C)[C@H]3CC[C@@H]4[C@@]5(C)CCCC(C)(C)[C@@H]5CC[C@@]4(C)[C@]3(C)CC[C@@H]12. The zero-order valence-electron chi connectivity index (χ0n) is 27.2. The van der Waals surface area contributed by atoms with Gasteiger partial charge in [-0.2, -0.15) is 0 Å². The fourth-order valence-corrected chi connectivity index (χ4v) is 13.0.